The first-order chi connectivity index (χ1) is 15.1. The molecule has 0 spiro atoms. The molecule has 0 bridgehead atoms. The number of nitrogens with zero attached hydrogens (tertiary/aromatic N) is 1. The number of rotatable bonds is 6. The number of aliphatic hydroxyl groups is 1. The summed E-state index contributed by atoms with van der Waals surface area (Å²) in [6, 6.07) is 12.5. The van der Waals surface area contributed by atoms with E-state index in [-0.39, 0.29) is 24.4 Å². The summed E-state index contributed by atoms with van der Waals surface area (Å²) in [5.74, 6) is 5.03. The third kappa shape index (κ3) is 4.76. The van der Waals surface area contributed by atoms with Crippen LogP contribution in [0.4, 0.5) is 0 Å². The van der Waals surface area contributed by atoms with Crippen LogP contribution in [-0.2, 0) is 27.8 Å². The van der Waals surface area contributed by atoms with Crippen molar-refractivity contribution in [1.82, 2.24) is 10.0 Å². The zero-order valence-corrected chi connectivity index (χ0v) is 19.1. The lowest BCUT2D eigenvalue weighted by Crippen LogP contribution is -2.49. The lowest BCUT2D eigenvalue weighted by molar-refractivity contribution is -0.131. The van der Waals surface area contributed by atoms with Crippen molar-refractivity contribution in [2.24, 2.45) is 0 Å². The highest BCUT2D eigenvalue weighted by molar-refractivity contribution is 7.92. The van der Waals surface area contributed by atoms with Gasteiger partial charge in [-0.05, 0) is 49.2 Å². The summed E-state index contributed by atoms with van der Waals surface area (Å²) < 4.78 is 24.5. The minimum atomic E-state index is -3.86. The Balaban J connectivity index is 1.88. The average Bonchev–Trinajstić information content (AvgIpc) is 3.09. The van der Waals surface area contributed by atoms with Crippen LogP contribution in [0, 0.1) is 11.8 Å². The van der Waals surface area contributed by atoms with E-state index in [1.165, 1.54) is 17.0 Å². The molecule has 168 valence electrons. The van der Waals surface area contributed by atoms with Gasteiger partial charge in [0.05, 0.1) is 16.8 Å². The molecule has 1 atom stereocenters. The lowest BCUT2D eigenvalue weighted by atomic mass is 10.1. The molecule has 0 radical (unpaired) electrons. The smallest absolute Gasteiger partial charge is 0.308 e. The van der Waals surface area contributed by atoms with Crippen molar-refractivity contribution in [3.05, 3.63) is 68.8 Å². The van der Waals surface area contributed by atoms with Gasteiger partial charge in [0.15, 0.2) is 14.6 Å². The van der Waals surface area contributed by atoms with E-state index in [0.717, 1.165) is 28.7 Å². The number of amides is 1. The van der Waals surface area contributed by atoms with Gasteiger partial charge in [-0.3, -0.25) is 19.4 Å². The van der Waals surface area contributed by atoms with Gasteiger partial charge in [-0.15, -0.1) is 0 Å². The Morgan fingerprint density at radius 1 is 1.16 bits per heavy atom. The number of carbonyl (C=O) groups is 1. The zero-order chi connectivity index (χ0) is 23.5. The zero-order valence-electron chi connectivity index (χ0n) is 17.5. The number of nitrogens with one attached hydrogen (secondary N) is 1. The van der Waals surface area contributed by atoms with Crippen LogP contribution in [0.1, 0.15) is 30.0 Å². The first-order valence-corrected chi connectivity index (χ1v) is 12.3. The van der Waals surface area contributed by atoms with E-state index in [1.54, 1.807) is 30.3 Å². The number of aliphatic hydroxyl groups excluding tert-OH is 1. The number of thiazole rings is 1. The number of hydroxylamine groups is 1. The van der Waals surface area contributed by atoms with Crippen molar-refractivity contribution < 1.29 is 23.5 Å². The number of sulfone groups is 1. The van der Waals surface area contributed by atoms with Gasteiger partial charge in [0.25, 0.3) is 5.91 Å². The standard InChI is InChI=1S/C22H22N2O6S2/c1-22(20(26)23-28,32(2,29)30)11-12-24-18-10-9-16(13-19(18)31-21(24)27)6-3-15-4-7-17(14-25)8-5-15/h4-5,7-10,13,25,28H,11-12,14H2,1-2H3,(H,23,26). The number of hydrogen-bond donors (Lipinski definition) is 3. The predicted molar refractivity (Wildman–Crippen MR) is 122 cm³/mol. The summed E-state index contributed by atoms with van der Waals surface area (Å²) in [4.78, 5) is 24.2. The Hall–Kier alpha value is -2.97. The molecule has 3 N–H and O–H groups in total. The Labute approximate surface area is 189 Å². The van der Waals surface area contributed by atoms with Crippen molar-refractivity contribution in [2.45, 2.75) is 31.2 Å². The molecule has 0 aliphatic heterocycles. The van der Waals surface area contributed by atoms with Gasteiger partial charge < -0.3 is 5.11 Å². The highest BCUT2D eigenvalue weighted by Crippen LogP contribution is 2.25. The molecule has 0 fully saturated rings. The van der Waals surface area contributed by atoms with Crippen LogP contribution in [0.5, 0.6) is 0 Å². The van der Waals surface area contributed by atoms with Crippen LogP contribution in [0.2, 0.25) is 0 Å². The molecule has 0 aliphatic rings. The van der Waals surface area contributed by atoms with Crippen molar-refractivity contribution in [2.75, 3.05) is 6.26 Å². The fourth-order valence-electron chi connectivity index (χ4n) is 3.10. The second-order valence-electron chi connectivity index (χ2n) is 7.50. The molecule has 1 amide bonds. The molecule has 0 saturated heterocycles. The summed E-state index contributed by atoms with van der Waals surface area (Å²) in [6.45, 7) is 1.17. The minimum Gasteiger partial charge on any atom is -0.392 e. The average molecular weight is 475 g/mol. The first kappa shape index (κ1) is 23.7. The van der Waals surface area contributed by atoms with E-state index in [4.69, 9.17) is 10.3 Å². The predicted octanol–water partition coefficient (Wildman–Crippen LogP) is 1.65. The third-order valence-corrected chi connectivity index (χ3v) is 8.34. The fourth-order valence-corrected chi connectivity index (χ4v) is 4.91. The van der Waals surface area contributed by atoms with Gasteiger partial charge in [0, 0.05) is 23.9 Å². The minimum absolute atomic E-state index is 0.0158. The number of benzene rings is 2. The summed E-state index contributed by atoms with van der Waals surface area (Å²) in [5.41, 5.74) is 4.31. The maximum absolute atomic E-state index is 12.5. The van der Waals surface area contributed by atoms with E-state index < -0.39 is 20.5 Å². The molecular weight excluding hydrogens is 452 g/mol. The first-order valence-electron chi connectivity index (χ1n) is 9.58. The van der Waals surface area contributed by atoms with Crippen molar-refractivity contribution in [3.8, 4) is 11.8 Å². The molecule has 2 aromatic carbocycles. The van der Waals surface area contributed by atoms with E-state index in [0.29, 0.717) is 15.8 Å². The van der Waals surface area contributed by atoms with Gasteiger partial charge in [-0.1, -0.05) is 35.3 Å². The van der Waals surface area contributed by atoms with E-state index in [9.17, 15) is 18.0 Å². The van der Waals surface area contributed by atoms with Gasteiger partial charge in [-0.2, -0.15) is 0 Å². The molecule has 32 heavy (non-hydrogen) atoms. The largest absolute Gasteiger partial charge is 0.392 e. The molecule has 3 rings (SSSR count). The van der Waals surface area contributed by atoms with E-state index >= 15 is 0 Å². The molecule has 3 aromatic rings. The second-order valence-corrected chi connectivity index (χ2v) is 10.9. The Kier molecular flexibility index (Phi) is 6.85. The van der Waals surface area contributed by atoms with Gasteiger partial charge in [0.1, 0.15) is 0 Å². The molecule has 1 aromatic heterocycles. The fraction of sp³-hybridized carbons (Fsp3) is 0.273. The Morgan fingerprint density at radius 3 is 2.38 bits per heavy atom. The lowest BCUT2D eigenvalue weighted by Gasteiger charge is -2.25. The van der Waals surface area contributed by atoms with Gasteiger partial charge >= 0.3 is 4.87 Å². The number of aryl methyl sites for hydroxylation is 1. The van der Waals surface area contributed by atoms with Crippen molar-refractivity contribution >= 4 is 37.3 Å². The summed E-state index contributed by atoms with van der Waals surface area (Å²) in [7, 11) is -3.86. The highest BCUT2D eigenvalue weighted by atomic mass is 32.2. The maximum atomic E-state index is 12.5. The normalized spacial score (nSPS) is 13.2. The molecular formula is C22H22N2O6S2. The Morgan fingerprint density at radius 2 is 1.78 bits per heavy atom. The maximum Gasteiger partial charge on any atom is 0.308 e. The van der Waals surface area contributed by atoms with Crippen LogP contribution in [-0.4, -0.2) is 40.2 Å². The molecule has 8 nitrogen and oxygen atoms in total. The molecule has 1 unspecified atom stereocenters. The number of carbonyl (C=O) groups excluding carboxylic acids is 1. The van der Waals surface area contributed by atoms with Crippen LogP contribution in [0.15, 0.2) is 47.3 Å². The van der Waals surface area contributed by atoms with E-state index in [2.05, 4.69) is 11.8 Å². The summed E-state index contributed by atoms with van der Waals surface area (Å²) in [6.07, 6.45) is 0.731. The van der Waals surface area contributed by atoms with Crippen molar-refractivity contribution in [1.29, 1.82) is 0 Å². The summed E-state index contributed by atoms with van der Waals surface area (Å²) in [5, 5.41) is 18.1. The second kappa shape index (κ2) is 9.26. The number of fused-ring (bicyclic) bond motifs is 1. The van der Waals surface area contributed by atoms with Crippen LogP contribution >= 0.6 is 11.3 Å². The SMILES string of the molecule is CC(CCn1c(=O)sc2cc(C#Cc3ccc(CO)cc3)ccc21)(C(=O)NO)S(C)(=O)=O. The highest BCUT2D eigenvalue weighted by Gasteiger charge is 2.43. The monoisotopic (exact) mass is 474 g/mol. The van der Waals surface area contributed by atoms with Gasteiger partial charge in [0.2, 0.25) is 0 Å². The molecule has 0 aliphatic carbocycles. The van der Waals surface area contributed by atoms with Crippen LogP contribution < -0.4 is 10.4 Å². The van der Waals surface area contributed by atoms with E-state index in [1.807, 2.05) is 12.1 Å². The number of aromatic nitrogens is 1. The summed E-state index contributed by atoms with van der Waals surface area (Å²) >= 11 is 1.00. The number of hydrogen-bond acceptors (Lipinski definition) is 7. The van der Waals surface area contributed by atoms with Crippen LogP contribution in [0.3, 0.4) is 0 Å². The quantitative estimate of drug-likeness (QED) is 0.283. The topological polar surface area (TPSA) is 126 Å². The third-order valence-electron chi connectivity index (χ3n) is 5.37. The van der Waals surface area contributed by atoms with Crippen molar-refractivity contribution in [3.63, 3.8) is 0 Å². The molecule has 1 heterocycles. The van der Waals surface area contributed by atoms with Gasteiger partial charge in [-0.25, -0.2) is 13.9 Å². The molecule has 0 saturated carbocycles. The van der Waals surface area contributed by atoms with Crippen LogP contribution in [0.25, 0.3) is 10.2 Å². The molecule has 10 heteroatoms. The Bertz CT molecular complexity index is 1380.